The zero-order chi connectivity index (χ0) is 13.2. The van der Waals surface area contributed by atoms with Crippen LogP contribution in [-0.2, 0) is 11.2 Å². The summed E-state index contributed by atoms with van der Waals surface area (Å²) in [6.07, 6.45) is 1.15. The van der Waals surface area contributed by atoms with Gasteiger partial charge in [0.1, 0.15) is 11.3 Å². The van der Waals surface area contributed by atoms with Gasteiger partial charge in [-0.2, -0.15) is 11.8 Å². The number of carbonyl (C=O) groups excluding carboxylic acids is 1. The first-order chi connectivity index (χ1) is 8.57. The Hall–Kier alpha value is -1.43. The van der Waals surface area contributed by atoms with Gasteiger partial charge in [0.05, 0.1) is 0 Å². The summed E-state index contributed by atoms with van der Waals surface area (Å²) in [5, 5.41) is 11.8. The number of hydrogen-bond donors (Lipinski definition) is 2. The fourth-order valence-corrected chi connectivity index (χ4v) is 3.18. The quantitative estimate of drug-likeness (QED) is 0.866. The highest BCUT2D eigenvalue weighted by Gasteiger charge is 2.43. The Bertz CT molecular complexity index is 462. The Kier molecular flexibility index (Phi) is 3.65. The molecule has 0 unspecified atom stereocenters. The van der Waals surface area contributed by atoms with Crippen molar-refractivity contribution in [3.63, 3.8) is 0 Å². The third kappa shape index (κ3) is 2.38. The van der Waals surface area contributed by atoms with Crippen LogP contribution in [0.2, 0.25) is 0 Å². The second-order valence-corrected chi connectivity index (χ2v) is 5.37. The minimum absolute atomic E-state index is 0.171. The standard InChI is InChI=1S/C12H15NO4S/c1-2-8-3-4-9(17-8)10(14)13-12(11(15)16)5-6-18-7-12/h3-4H,2,5-7H2,1H3,(H,13,14)(H,15,16)/t12-/m0/s1. The Morgan fingerprint density at radius 2 is 2.33 bits per heavy atom. The maximum atomic E-state index is 12.0. The van der Waals surface area contributed by atoms with Crippen molar-refractivity contribution < 1.29 is 19.1 Å². The lowest BCUT2D eigenvalue weighted by Gasteiger charge is -2.23. The van der Waals surface area contributed by atoms with Crippen molar-refractivity contribution in [3.8, 4) is 0 Å². The third-order valence-electron chi connectivity index (χ3n) is 3.02. The van der Waals surface area contributed by atoms with Crippen molar-refractivity contribution in [2.24, 2.45) is 0 Å². The van der Waals surface area contributed by atoms with Crippen LogP contribution in [0.1, 0.15) is 29.7 Å². The van der Waals surface area contributed by atoms with Crippen LogP contribution in [0.25, 0.3) is 0 Å². The molecule has 1 atom stereocenters. The van der Waals surface area contributed by atoms with Crippen molar-refractivity contribution >= 4 is 23.6 Å². The van der Waals surface area contributed by atoms with Gasteiger partial charge in [0.25, 0.3) is 5.91 Å². The summed E-state index contributed by atoms with van der Waals surface area (Å²) in [6, 6.07) is 3.30. The van der Waals surface area contributed by atoms with Gasteiger partial charge in [-0.3, -0.25) is 4.79 Å². The third-order valence-corrected chi connectivity index (χ3v) is 4.21. The summed E-state index contributed by atoms with van der Waals surface area (Å²) in [5.74, 6) is 0.581. The molecule has 1 saturated heterocycles. The van der Waals surface area contributed by atoms with E-state index in [9.17, 15) is 14.7 Å². The normalized spacial score (nSPS) is 22.9. The number of aryl methyl sites for hydroxylation is 1. The van der Waals surface area contributed by atoms with Crippen LogP contribution in [0, 0.1) is 0 Å². The number of rotatable bonds is 4. The van der Waals surface area contributed by atoms with Crippen molar-refractivity contribution in [2.45, 2.75) is 25.3 Å². The van der Waals surface area contributed by atoms with Gasteiger partial charge in [0.15, 0.2) is 5.76 Å². The summed E-state index contributed by atoms with van der Waals surface area (Å²) in [5.41, 5.74) is -1.15. The number of carbonyl (C=O) groups is 2. The molecule has 2 rings (SSSR count). The lowest BCUT2D eigenvalue weighted by molar-refractivity contribution is -0.143. The second kappa shape index (κ2) is 5.06. The molecule has 1 aromatic rings. The van der Waals surface area contributed by atoms with Gasteiger partial charge in [-0.05, 0) is 24.3 Å². The van der Waals surface area contributed by atoms with Crippen LogP contribution in [0.5, 0.6) is 0 Å². The minimum Gasteiger partial charge on any atom is -0.479 e. The molecule has 2 N–H and O–H groups in total. The maximum Gasteiger partial charge on any atom is 0.330 e. The number of hydrogen-bond acceptors (Lipinski definition) is 4. The van der Waals surface area contributed by atoms with E-state index < -0.39 is 17.4 Å². The van der Waals surface area contributed by atoms with Crippen LogP contribution >= 0.6 is 11.8 Å². The monoisotopic (exact) mass is 269 g/mol. The van der Waals surface area contributed by atoms with Gasteiger partial charge in [-0.15, -0.1) is 0 Å². The highest BCUT2D eigenvalue weighted by molar-refractivity contribution is 7.99. The fraction of sp³-hybridized carbons (Fsp3) is 0.500. The lowest BCUT2D eigenvalue weighted by atomic mass is 9.99. The van der Waals surface area contributed by atoms with E-state index >= 15 is 0 Å². The number of amides is 1. The van der Waals surface area contributed by atoms with Crippen LogP contribution in [-0.4, -0.2) is 34.0 Å². The molecule has 0 aliphatic carbocycles. The number of furan rings is 1. The van der Waals surface area contributed by atoms with E-state index in [0.717, 1.165) is 5.75 Å². The molecule has 6 heteroatoms. The average molecular weight is 269 g/mol. The SMILES string of the molecule is CCc1ccc(C(=O)N[C@@]2(C(=O)O)CCSC2)o1. The van der Waals surface area contributed by atoms with E-state index in [4.69, 9.17) is 4.42 Å². The highest BCUT2D eigenvalue weighted by atomic mass is 32.2. The predicted molar refractivity (Wildman–Crippen MR) is 67.9 cm³/mol. The van der Waals surface area contributed by atoms with Gasteiger partial charge in [-0.25, -0.2) is 4.79 Å². The van der Waals surface area contributed by atoms with Gasteiger partial charge in [0.2, 0.25) is 0 Å². The molecule has 0 aromatic carbocycles. The van der Waals surface area contributed by atoms with Crippen molar-refractivity contribution in [2.75, 3.05) is 11.5 Å². The molecule has 1 aliphatic heterocycles. The largest absolute Gasteiger partial charge is 0.479 e. The number of carboxylic acid groups (broad SMARTS) is 1. The molecule has 0 radical (unpaired) electrons. The van der Waals surface area contributed by atoms with E-state index in [1.807, 2.05) is 6.92 Å². The minimum atomic E-state index is -1.15. The predicted octanol–water partition coefficient (Wildman–Crippen LogP) is 1.53. The van der Waals surface area contributed by atoms with E-state index in [1.165, 1.54) is 11.8 Å². The molecule has 0 bridgehead atoms. The molecule has 1 aliphatic rings. The molecular weight excluding hydrogens is 254 g/mol. The zero-order valence-electron chi connectivity index (χ0n) is 10.1. The lowest BCUT2D eigenvalue weighted by Crippen LogP contribution is -2.54. The molecule has 98 valence electrons. The Balaban J connectivity index is 2.12. The van der Waals surface area contributed by atoms with Crippen molar-refractivity contribution in [1.82, 2.24) is 5.32 Å². The molecule has 1 amide bonds. The summed E-state index contributed by atoms with van der Waals surface area (Å²) in [7, 11) is 0. The molecule has 1 aromatic heterocycles. The Labute approximate surface area is 109 Å². The topological polar surface area (TPSA) is 79.5 Å². The average Bonchev–Trinajstić information content (AvgIpc) is 2.97. The maximum absolute atomic E-state index is 12.0. The van der Waals surface area contributed by atoms with E-state index in [2.05, 4.69) is 5.32 Å². The molecule has 18 heavy (non-hydrogen) atoms. The first kappa shape index (κ1) is 13.0. The van der Waals surface area contributed by atoms with E-state index in [0.29, 0.717) is 24.4 Å². The summed E-state index contributed by atoms with van der Waals surface area (Å²) >= 11 is 1.53. The number of thioether (sulfide) groups is 1. The first-order valence-electron chi connectivity index (χ1n) is 5.80. The Morgan fingerprint density at radius 3 is 2.83 bits per heavy atom. The number of nitrogens with one attached hydrogen (secondary N) is 1. The smallest absolute Gasteiger partial charge is 0.330 e. The van der Waals surface area contributed by atoms with E-state index in [1.54, 1.807) is 12.1 Å². The molecule has 2 heterocycles. The van der Waals surface area contributed by atoms with Crippen LogP contribution in [0.3, 0.4) is 0 Å². The van der Waals surface area contributed by atoms with Gasteiger partial charge >= 0.3 is 5.97 Å². The zero-order valence-corrected chi connectivity index (χ0v) is 10.9. The van der Waals surface area contributed by atoms with Gasteiger partial charge in [0, 0.05) is 12.2 Å². The fourth-order valence-electron chi connectivity index (χ4n) is 1.85. The Morgan fingerprint density at radius 1 is 1.56 bits per heavy atom. The van der Waals surface area contributed by atoms with E-state index in [-0.39, 0.29) is 5.76 Å². The number of carboxylic acids is 1. The summed E-state index contributed by atoms with van der Waals surface area (Å²) in [6.45, 7) is 1.92. The van der Waals surface area contributed by atoms with Crippen molar-refractivity contribution in [3.05, 3.63) is 23.7 Å². The van der Waals surface area contributed by atoms with Crippen LogP contribution in [0.4, 0.5) is 0 Å². The summed E-state index contributed by atoms with van der Waals surface area (Å²) in [4.78, 5) is 23.3. The van der Waals surface area contributed by atoms with Gasteiger partial charge < -0.3 is 14.8 Å². The molecule has 0 saturated carbocycles. The second-order valence-electron chi connectivity index (χ2n) is 4.26. The van der Waals surface area contributed by atoms with Gasteiger partial charge in [-0.1, -0.05) is 6.92 Å². The van der Waals surface area contributed by atoms with Crippen LogP contribution in [0.15, 0.2) is 16.5 Å². The molecular formula is C12H15NO4S. The first-order valence-corrected chi connectivity index (χ1v) is 6.95. The highest BCUT2D eigenvalue weighted by Crippen LogP contribution is 2.28. The molecule has 0 spiro atoms. The van der Waals surface area contributed by atoms with Crippen molar-refractivity contribution in [1.29, 1.82) is 0 Å². The molecule has 1 fully saturated rings. The summed E-state index contributed by atoms with van der Waals surface area (Å²) < 4.78 is 5.32. The van der Waals surface area contributed by atoms with Crippen LogP contribution < -0.4 is 5.32 Å². The number of aliphatic carboxylic acids is 1. The molecule has 5 nitrogen and oxygen atoms in total.